The smallest absolute Gasteiger partial charge is 0.360 e. The van der Waals surface area contributed by atoms with Crippen molar-refractivity contribution in [2.24, 2.45) is 0 Å². The summed E-state index contributed by atoms with van der Waals surface area (Å²) < 4.78 is 13.8. The van der Waals surface area contributed by atoms with E-state index in [1.165, 1.54) is 43.3 Å². The van der Waals surface area contributed by atoms with Crippen LogP contribution in [0.1, 0.15) is 60.0 Å². The predicted molar refractivity (Wildman–Crippen MR) is 141 cm³/mol. The molecule has 38 heavy (non-hydrogen) atoms. The van der Waals surface area contributed by atoms with Gasteiger partial charge >= 0.3 is 11.9 Å². The zero-order valence-electron chi connectivity index (χ0n) is 21.5. The highest BCUT2D eigenvalue weighted by Gasteiger charge is 2.57. The van der Waals surface area contributed by atoms with E-state index in [0.29, 0.717) is 28.8 Å². The van der Waals surface area contributed by atoms with Gasteiger partial charge in [0.2, 0.25) is 0 Å². The van der Waals surface area contributed by atoms with E-state index >= 15 is 0 Å². The van der Waals surface area contributed by atoms with Gasteiger partial charge in [0.05, 0.1) is 30.7 Å². The average molecular weight is 532 g/mol. The summed E-state index contributed by atoms with van der Waals surface area (Å²) in [6.07, 6.45) is 6.63. The van der Waals surface area contributed by atoms with Gasteiger partial charge in [-0.3, -0.25) is 0 Å². The fourth-order valence-corrected chi connectivity index (χ4v) is 7.22. The lowest BCUT2D eigenvalue weighted by Gasteiger charge is -2.47. The lowest BCUT2D eigenvalue weighted by molar-refractivity contribution is -0.956. The van der Waals surface area contributed by atoms with E-state index in [-0.39, 0.29) is 18.5 Å². The molecule has 0 saturated carbocycles. The van der Waals surface area contributed by atoms with Crippen LogP contribution in [0.2, 0.25) is 0 Å². The highest BCUT2D eigenvalue weighted by molar-refractivity contribution is 5.95. The van der Waals surface area contributed by atoms with Crippen LogP contribution in [0.5, 0.6) is 0 Å². The minimum atomic E-state index is -1.70. The number of carbonyl (C=O) groups is 2. The maximum Gasteiger partial charge on any atom is 0.360 e. The van der Waals surface area contributed by atoms with E-state index in [1.807, 2.05) is 66.7 Å². The lowest BCUT2D eigenvalue weighted by atomic mass is 9.85. The van der Waals surface area contributed by atoms with Crippen molar-refractivity contribution in [3.05, 3.63) is 108 Å². The van der Waals surface area contributed by atoms with Crippen LogP contribution in [-0.2, 0) is 19.9 Å². The first-order chi connectivity index (χ1) is 18.1. The number of nitrogens with zero attached hydrogens (tertiary/aromatic N) is 1. The molecule has 3 aliphatic rings. The Kier molecular flexibility index (Phi) is 7.60. The van der Waals surface area contributed by atoms with Crippen molar-refractivity contribution < 1.29 is 36.0 Å². The number of ether oxygens (including phenoxy) is 2. The quantitative estimate of drug-likeness (QED) is 0.362. The Hall–Kier alpha value is -3.15. The molecule has 3 heterocycles. The van der Waals surface area contributed by atoms with Gasteiger partial charge in [0, 0.05) is 49.7 Å². The van der Waals surface area contributed by atoms with Crippen LogP contribution in [0, 0.1) is 0 Å². The number of halogens is 1. The molecule has 6 rings (SSSR count). The summed E-state index contributed by atoms with van der Waals surface area (Å²) in [5, 5.41) is 0. The molecule has 0 radical (unpaired) electrons. The second-order valence-corrected chi connectivity index (χ2v) is 10.8. The molecule has 0 amide bonds. The van der Waals surface area contributed by atoms with Crippen LogP contribution >= 0.6 is 0 Å². The predicted octanol–water partition coefficient (Wildman–Crippen LogP) is 2.64. The molecular weight excluding hydrogens is 498 g/mol. The van der Waals surface area contributed by atoms with Crippen molar-refractivity contribution in [2.45, 2.75) is 62.3 Å². The van der Waals surface area contributed by atoms with Gasteiger partial charge in [0.25, 0.3) is 5.60 Å². The molecule has 3 aromatic rings. The number of quaternary nitrogens is 1. The summed E-state index contributed by atoms with van der Waals surface area (Å²) in [5.74, 6) is -1.08. The summed E-state index contributed by atoms with van der Waals surface area (Å²) in [6, 6.07) is 28.5. The van der Waals surface area contributed by atoms with Crippen molar-refractivity contribution in [2.75, 3.05) is 13.1 Å². The Morgan fingerprint density at radius 2 is 1.18 bits per heavy atom. The number of hydrogen-bond donors (Lipinski definition) is 0. The molecule has 198 valence electrons. The lowest BCUT2D eigenvalue weighted by Crippen LogP contribution is -3.00. The topological polar surface area (TPSA) is 52.6 Å². The Labute approximate surface area is 230 Å². The number of carbonyl (C=O) groups excluding carboxylic acids is 2. The van der Waals surface area contributed by atoms with E-state index in [2.05, 4.69) is 0 Å². The van der Waals surface area contributed by atoms with Gasteiger partial charge in [0.15, 0.2) is 0 Å². The first-order valence-electron chi connectivity index (χ1n) is 13.6. The molecule has 3 aromatic carbocycles. The minimum Gasteiger partial charge on any atom is -1.00 e. The number of esters is 2. The summed E-state index contributed by atoms with van der Waals surface area (Å²) in [7, 11) is 0. The van der Waals surface area contributed by atoms with Gasteiger partial charge in [-0.2, -0.15) is 0 Å². The third-order valence-corrected chi connectivity index (χ3v) is 8.93. The number of hydrogen-bond acceptors (Lipinski definition) is 4. The van der Waals surface area contributed by atoms with Crippen molar-refractivity contribution in [1.29, 1.82) is 0 Å². The fraction of sp³-hybridized carbons (Fsp3) is 0.375. The molecule has 2 atom stereocenters. The summed E-state index contributed by atoms with van der Waals surface area (Å²) >= 11 is 0. The maximum atomic E-state index is 14.3. The summed E-state index contributed by atoms with van der Waals surface area (Å²) in [6.45, 7) is 2.53. The first-order valence-corrected chi connectivity index (χ1v) is 13.6. The van der Waals surface area contributed by atoms with Crippen molar-refractivity contribution >= 4 is 11.9 Å². The average Bonchev–Trinajstić information content (AvgIpc) is 3.49. The van der Waals surface area contributed by atoms with Crippen LogP contribution in [-0.4, -0.2) is 47.7 Å². The Bertz CT molecular complexity index is 1190. The number of rotatable bonds is 6. The molecule has 6 heteroatoms. The Morgan fingerprint density at radius 3 is 1.68 bits per heavy atom. The monoisotopic (exact) mass is 531 g/mol. The van der Waals surface area contributed by atoms with E-state index in [0.717, 1.165) is 12.8 Å². The molecule has 0 aromatic heterocycles. The summed E-state index contributed by atoms with van der Waals surface area (Å²) in [4.78, 5) is 27.8. The van der Waals surface area contributed by atoms with Crippen molar-refractivity contribution in [3.63, 3.8) is 0 Å². The zero-order valence-corrected chi connectivity index (χ0v) is 22.3. The Morgan fingerprint density at radius 1 is 0.711 bits per heavy atom. The van der Waals surface area contributed by atoms with E-state index in [4.69, 9.17) is 9.47 Å². The van der Waals surface area contributed by atoms with E-state index in [1.54, 1.807) is 24.3 Å². The molecule has 2 unspecified atom stereocenters. The maximum absolute atomic E-state index is 14.3. The van der Waals surface area contributed by atoms with Crippen LogP contribution in [0.3, 0.4) is 0 Å². The fourth-order valence-electron chi connectivity index (χ4n) is 7.22. The normalized spacial score (nSPS) is 23.4. The SMILES string of the molecule is O=C(OC(C(=O)OC1CC2CCC(C1)[N+]21CCCC1)(c1ccccc1)c1ccccc1)c1ccccc1.[Cl-]. The molecule has 0 aliphatic carbocycles. The molecule has 2 bridgehead atoms. The molecule has 3 aliphatic heterocycles. The van der Waals surface area contributed by atoms with Gasteiger partial charge in [-0.15, -0.1) is 0 Å². The zero-order chi connectivity index (χ0) is 25.3. The Balaban J connectivity index is 0.00000294. The third-order valence-electron chi connectivity index (χ3n) is 8.93. The van der Waals surface area contributed by atoms with Gasteiger partial charge in [-0.25, -0.2) is 9.59 Å². The van der Waals surface area contributed by atoms with Gasteiger partial charge in [-0.1, -0.05) is 78.9 Å². The second kappa shape index (κ2) is 10.9. The molecule has 1 spiro atoms. The highest BCUT2D eigenvalue weighted by atomic mass is 35.5. The number of piperidine rings is 1. The first kappa shape index (κ1) is 26.5. The number of benzene rings is 3. The van der Waals surface area contributed by atoms with E-state index in [9.17, 15) is 9.59 Å². The van der Waals surface area contributed by atoms with Crippen LogP contribution < -0.4 is 12.4 Å². The molecule has 3 saturated heterocycles. The van der Waals surface area contributed by atoms with Gasteiger partial charge in [0.1, 0.15) is 6.10 Å². The molecule has 0 N–H and O–H groups in total. The molecule has 3 fully saturated rings. The van der Waals surface area contributed by atoms with E-state index < -0.39 is 17.5 Å². The molecule has 5 nitrogen and oxygen atoms in total. The largest absolute Gasteiger partial charge is 1.00 e. The van der Waals surface area contributed by atoms with Crippen LogP contribution in [0.4, 0.5) is 0 Å². The second-order valence-electron chi connectivity index (χ2n) is 10.8. The van der Waals surface area contributed by atoms with Crippen LogP contribution in [0.15, 0.2) is 91.0 Å². The molecular formula is C32H34ClNO4. The van der Waals surface area contributed by atoms with Gasteiger partial charge in [-0.05, 0) is 12.1 Å². The standard InChI is InChI=1S/C32H34NO4.ClH/c34-30(24-12-4-1-5-13-24)37-32(25-14-6-2-7-15-25,26-16-8-3-9-17-26)31(35)36-29-22-27-18-19-28(23-29)33(27)20-10-11-21-33;/h1-9,12-17,27-29H,10-11,18-23H2;1H/q+1;/p-1. The highest BCUT2D eigenvalue weighted by Crippen LogP contribution is 2.47. The van der Waals surface area contributed by atoms with Gasteiger partial charge < -0.3 is 26.4 Å². The van der Waals surface area contributed by atoms with Crippen molar-refractivity contribution in [3.8, 4) is 0 Å². The summed E-state index contributed by atoms with van der Waals surface area (Å²) in [5.41, 5.74) is -0.149. The van der Waals surface area contributed by atoms with Crippen LogP contribution in [0.25, 0.3) is 0 Å². The van der Waals surface area contributed by atoms with Crippen molar-refractivity contribution in [1.82, 2.24) is 0 Å². The minimum absolute atomic E-state index is 0. The third kappa shape index (κ3) is 4.52.